The van der Waals surface area contributed by atoms with Crippen molar-refractivity contribution in [2.75, 3.05) is 32.5 Å². The first-order valence-electron chi connectivity index (χ1n) is 8.24. The lowest BCUT2D eigenvalue weighted by molar-refractivity contribution is -0.172. The lowest BCUT2D eigenvalue weighted by Gasteiger charge is -2.61. The molecule has 2 saturated carbocycles. The average Bonchev–Trinajstić information content (AvgIpc) is 2.32. The van der Waals surface area contributed by atoms with E-state index in [0.717, 1.165) is 26.0 Å². The Hall–Kier alpha value is -0.170. The largest absolute Gasteiger partial charge is 0.378 e. The summed E-state index contributed by atoms with van der Waals surface area (Å²) >= 11 is 0. The van der Waals surface area contributed by atoms with Crippen molar-refractivity contribution in [2.45, 2.75) is 58.1 Å². The predicted octanol–water partition coefficient (Wildman–Crippen LogP) is 1.60. The summed E-state index contributed by atoms with van der Waals surface area (Å²) in [5.74, 6) is 0. The van der Waals surface area contributed by atoms with E-state index >= 15 is 0 Å². The molecule has 0 heterocycles. The van der Waals surface area contributed by atoms with E-state index in [1.807, 2.05) is 6.92 Å². The zero-order valence-electron chi connectivity index (χ0n) is 13.6. The first kappa shape index (κ1) is 17.2. The summed E-state index contributed by atoms with van der Waals surface area (Å²) in [5.41, 5.74) is 0.386. The zero-order valence-corrected chi connectivity index (χ0v) is 14.4. The van der Waals surface area contributed by atoms with Gasteiger partial charge in [-0.3, -0.25) is 0 Å². The van der Waals surface area contributed by atoms with Crippen molar-refractivity contribution in [1.29, 1.82) is 0 Å². The molecule has 0 saturated heterocycles. The maximum absolute atomic E-state index is 11.5. The highest BCUT2D eigenvalue weighted by Gasteiger charge is 2.58. The molecule has 21 heavy (non-hydrogen) atoms. The molecule has 5 nitrogen and oxygen atoms in total. The van der Waals surface area contributed by atoms with E-state index in [-0.39, 0.29) is 0 Å². The molecule has 2 rings (SSSR count). The van der Waals surface area contributed by atoms with Gasteiger partial charge in [0.05, 0.1) is 12.4 Å². The summed E-state index contributed by atoms with van der Waals surface area (Å²) in [6.07, 6.45) is 7.58. The van der Waals surface area contributed by atoms with Crippen LogP contribution in [0.1, 0.15) is 46.0 Å². The standard InChI is InChI=1S/C15H30N2O3S/c1-4-17(21(3,18)19)11-7-10-16-13-12-14(20-5-2)15(13)8-6-9-15/h13-14,16H,4-12H2,1-3H3. The van der Waals surface area contributed by atoms with Crippen molar-refractivity contribution in [3.05, 3.63) is 0 Å². The number of nitrogens with zero attached hydrogens (tertiary/aromatic N) is 1. The van der Waals surface area contributed by atoms with Crippen molar-refractivity contribution >= 4 is 10.0 Å². The van der Waals surface area contributed by atoms with E-state index in [9.17, 15) is 8.42 Å². The Morgan fingerprint density at radius 2 is 2.05 bits per heavy atom. The van der Waals surface area contributed by atoms with Gasteiger partial charge in [0.2, 0.25) is 10.0 Å². The summed E-state index contributed by atoms with van der Waals surface area (Å²) in [4.78, 5) is 0. The number of nitrogens with one attached hydrogen (secondary N) is 1. The van der Waals surface area contributed by atoms with Gasteiger partial charge in [-0.1, -0.05) is 13.3 Å². The number of hydrogen-bond acceptors (Lipinski definition) is 4. The van der Waals surface area contributed by atoms with E-state index in [4.69, 9.17) is 4.74 Å². The molecule has 0 aromatic rings. The fourth-order valence-corrected chi connectivity index (χ4v) is 4.74. The Balaban J connectivity index is 1.70. The molecular weight excluding hydrogens is 288 g/mol. The van der Waals surface area contributed by atoms with Gasteiger partial charge in [-0.2, -0.15) is 0 Å². The Morgan fingerprint density at radius 3 is 2.52 bits per heavy atom. The van der Waals surface area contributed by atoms with Crippen molar-refractivity contribution in [3.8, 4) is 0 Å². The van der Waals surface area contributed by atoms with E-state index in [1.54, 1.807) is 0 Å². The maximum atomic E-state index is 11.5. The van der Waals surface area contributed by atoms with Crippen LogP contribution in [0, 0.1) is 5.41 Å². The summed E-state index contributed by atoms with van der Waals surface area (Å²) in [5, 5.41) is 3.63. The molecular formula is C15H30N2O3S. The fourth-order valence-electron chi connectivity index (χ4n) is 3.81. The predicted molar refractivity (Wildman–Crippen MR) is 84.8 cm³/mol. The molecule has 0 aliphatic heterocycles. The first-order chi connectivity index (χ1) is 9.94. The molecule has 1 spiro atoms. The molecule has 6 heteroatoms. The maximum Gasteiger partial charge on any atom is 0.211 e. The van der Waals surface area contributed by atoms with E-state index < -0.39 is 10.0 Å². The van der Waals surface area contributed by atoms with Gasteiger partial charge in [0.15, 0.2) is 0 Å². The fraction of sp³-hybridized carbons (Fsp3) is 1.00. The lowest BCUT2D eigenvalue weighted by atomic mass is 9.51. The van der Waals surface area contributed by atoms with Gasteiger partial charge in [-0.15, -0.1) is 0 Å². The van der Waals surface area contributed by atoms with E-state index in [0.29, 0.717) is 30.7 Å². The van der Waals surface area contributed by atoms with Crippen LogP contribution in [0.25, 0.3) is 0 Å². The van der Waals surface area contributed by atoms with Crippen LogP contribution in [0.2, 0.25) is 0 Å². The second kappa shape index (κ2) is 6.94. The van der Waals surface area contributed by atoms with E-state index in [2.05, 4.69) is 12.2 Å². The van der Waals surface area contributed by atoms with Gasteiger partial charge in [0.25, 0.3) is 0 Å². The van der Waals surface area contributed by atoms with Crippen LogP contribution in [0.5, 0.6) is 0 Å². The van der Waals surface area contributed by atoms with Crippen LogP contribution in [0.3, 0.4) is 0 Å². The third-order valence-corrected chi connectivity index (χ3v) is 6.61. The van der Waals surface area contributed by atoms with Crippen LogP contribution in [-0.4, -0.2) is 57.4 Å². The molecule has 124 valence electrons. The monoisotopic (exact) mass is 318 g/mol. The molecule has 2 aliphatic carbocycles. The molecule has 0 aromatic carbocycles. The minimum absolute atomic E-state index is 0.386. The van der Waals surface area contributed by atoms with Gasteiger partial charge in [0, 0.05) is 31.2 Å². The Morgan fingerprint density at radius 1 is 1.33 bits per heavy atom. The van der Waals surface area contributed by atoms with Gasteiger partial charge in [-0.25, -0.2) is 12.7 Å². The number of hydrogen-bond donors (Lipinski definition) is 1. The van der Waals surface area contributed by atoms with Crippen LogP contribution in [0.15, 0.2) is 0 Å². The van der Waals surface area contributed by atoms with E-state index in [1.165, 1.54) is 29.8 Å². The van der Waals surface area contributed by atoms with Crippen molar-refractivity contribution in [1.82, 2.24) is 9.62 Å². The Kier molecular flexibility index (Phi) is 5.68. The smallest absolute Gasteiger partial charge is 0.211 e. The molecule has 1 N–H and O–H groups in total. The molecule has 0 radical (unpaired) electrons. The van der Waals surface area contributed by atoms with Crippen LogP contribution < -0.4 is 5.32 Å². The van der Waals surface area contributed by atoms with Crippen LogP contribution in [-0.2, 0) is 14.8 Å². The second-order valence-corrected chi connectivity index (χ2v) is 8.36. The second-order valence-electron chi connectivity index (χ2n) is 6.38. The van der Waals surface area contributed by atoms with Gasteiger partial charge in [0.1, 0.15) is 0 Å². The SMILES string of the molecule is CCOC1CC(NCCCN(CC)S(C)(=O)=O)C12CCC2. The highest BCUT2D eigenvalue weighted by molar-refractivity contribution is 7.88. The van der Waals surface area contributed by atoms with Crippen molar-refractivity contribution in [2.24, 2.45) is 5.41 Å². The molecule has 2 unspecified atom stereocenters. The number of rotatable bonds is 9. The lowest BCUT2D eigenvalue weighted by Crippen LogP contribution is -2.67. The number of sulfonamides is 1. The summed E-state index contributed by atoms with van der Waals surface area (Å²) in [6, 6.07) is 0.566. The topological polar surface area (TPSA) is 58.6 Å². The molecule has 2 atom stereocenters. The minimum Gasteiger partial charge on any atom is -0.378 e. The highest BCUT2D eigenvalue weighted by Crippen LogP contribution is 2.57. The minimum atomic E-state index is -3.05. The third-order valence-electron chi connectivity index (χ3n) is 5.23. The summed E-state index contributed by atoms with van der Waals surface area (Å²) in [6.45, 7) is 6.81. The van der Waals surface area contributed by atoms with Crippen molar-refractivity contribution in [3.63, 3.8) is 0 Å². The quantitative estimate of drug-likeness (QED) is 0.656. The average molecular weight is 318 g/mol. The van der Waals surface area contributed by atoms with Gasteiger partial charge >= 0.3 is 0 Å². The van der Waals surface area contributed by atoms with Crippen LogP contribution in [0.4, 0.5) is 0 Å². The molecule has 0 amide bonds. The Bertz CT molecular complexity index is 434. The molecule has 2 aliphatic rings. The van der Waals surface area contributed by atoms with Crippen LogP contribution >= 0.6 is 0 Å². The summed E-state index contributed by atoms with van der Waals surface area (Å²) in [7, 11) is -3.05. The van der Waals surface area contributed by atoms with Gasteiger partial charge in [-0.05, 0) is 39.2 Å². The molecule has 2 fully saturated rings. The number of ether oxygens (including phenoxy) is 1. The normalized spacial score (nSPS) is 27.6. The first-order valence-corrected chi connectivity index (χ1v) is 10.1. The zero-order chi connectivity index (χ0) is 15.5. The molecule has 0 aromatic heterocycles. The highest BCUT2D eigenvalue weighted by atomic mass is 32.2. The van der Waals surface area contributed by atoms with Gasteiger partial charge < -0.3 is 10.1 Å². The van der Waals surface area contributed by atoms with Crippen molar-refractivity contribution < 1.29 is 13.2 Å². The Labute approximate surface area is 129 Å². The molecule has 0 bridgehead atoms. The third kappa shape index (κ3) is 3.60. The summed E-state index contributed by atoms with van der Waals surface area (Å²) < 4.78 is 30.4.